The summed E-state index contributed by atoms with van der Waals surface area (Å²) in [6.07, 6.45) is 6.44. The van der Waals surface area contributed by atoms with Gasteiger partial charge in [0.25, 0.3) is 0 Å². The second-order valence-corrected chi connectivity index (χ2v) is 5.01. The fourth-order valence-corrected chi connectivity index (χ4v) is 2.12. The summed E-state index contributed by atoms with van der Waals surface area (Å²) in [5.74, 6) is 0.588. The molecule has 0 rings (SSSR count). The Kier molecular flexibility index (Phi) is 9.87. The van der Waals surface area contributed by atoms with Crippen LogP contribution in [0.3, 0.4) is 0 Å². The van der Waals surface area contributed by atoms with Gasteiger partial charge in [-0.05, 0) is 13.3 Å². The van der Waals surface area contributed by atoms with Gasteiger partial charge < -0.3 is 4.74 Å². The maximum absolute atomic E-state index is 5.84. The van der Waals surface area contributed by atoms with Crippen molar-refractivity contribution in [2.24, 2.45) is 0 Å². The number of hydrogen-bond acceptors (Lipinski definition) is 1. The molecule has 0 aliphatic heterocycles. The molecule has 0 amide bonds. The number of alkyl halides is 2. The molecule has 0 bridgehead atoms. The fraction of sp³-hybridized carbons (Fsp3) is 1.00. The molecule has 0 aromatic carbocycles. The molecule has 0 aliphatic carbocycles. The number of rotatable bonds is 9. The van der Waals surface area contributed by atoms with Crippen molar-refractivity contribution < 1.29 is 4.74 Å². The molecule has 0 spiro atoms. The molecule has 0 aromatic rings. The van der Waals surface area contributed by atoms with Gasteiger partial charge in [-0.2, -0.15) is 0 Å². The molecule has 3 heteroatoms. The largest absolute Gasteiger partial charge is 0.373 e. The van der Waals surface area contributed by atoms with Crippen LogP contribution >= 0.6 is 34.2 Å². The van der Waals surface area contributed by atoms with Crippen molar-refractivity contribution in [1.29, 1.82) is 0 Å². The molecule has 1 atom stereocenters. The molecular formula is C11H22ClIO. The van der Waals surface area contributed by atoms with E-state index < -0.39 is 0 Å². The monoisotopic (exact) mass is 332 g/mol. The third-order valence-corrected chi connectivity index (χ3v) is 4.44. The van der Waals surface area contributed by atoms with E-state index in [1.807, 2.05) is 0 Å². The van der Waals surface area contributed by atoms with Crippen molar-refractivity contribution in [3.05, 3.63) is 0 Å². The second-order valence-electron chi connectivity index (χ2n) is 3.98. The molecule has 0 heterocycles. The first-order valence-corrected chi connectivity index (χ1v) is 7.50. The van der Waals surface area contributed by atoms with Gasteiger partial charge in [-0.25, -0.2) is 0 Å². The molecule has 0 aromatic heterocycles. The zero-order valence-electron chi connectivity index (χ0n) is 9.32. The molecule has 1 nitrogen and oxygen atoms in total. The molecule has 1 unspecified atom stereocenters. The lowest BCUT2D eigenvalue weighted by atomic mass is 10.1. The van der Waals surface area contributed by atoms with Gasteiger partial charge in [0.1, 0.15) is 0 Å². The molecule has 0 fully saturated rings. The Balaban J connectivity index is 3.34. The van der Waals surface area contributed by atoms with Crippen molar-refractivity contribution >= 4 is 34.2 Å². The standard InChI is InChI=1S/C11H22ClIO/c1-3-4-5-6-7-8-14-11(2,9-12)10-13/h3-10H2,1-2H3. The predicted octanol–water partition coefficient (Wildman–Crippen LogP) is 4.41. The van der Waals surface area contributed by atoms with Crippen LogP contribution in [0.5, 0.6) is 0 Å². The van der Waals surface area contributed by atoms with Crippen LogP contribution in [0.4, 0.5) is 0 Å². The summed E-state index contributed by atoms with van der Waals surface area (Å²) in [7, 11) is 0. The van der Waals surface area contributed by atoms with Gasteiger partial charge in [-0.15, -0.1) is 11.6 Å². The third kappa shape index (κ3) is 7.30. The topological polar surface area (TPSA) is 9.23 Å². The summed E-state index contributed by atoms with van der Waals surface area (Å²) >= 11 is 8.17. The Morgan fingerprint density at radius 3 is 2.36 bits per heavy atom. The summed E-state index contributed by atoms with van der Waals surface area (Å²) in [5, 5.41) is 0. The fourth-order valence-electron chi connectivity index (χ4n) is 1.14. The zero-order valence-corrected chi connectivity index (χ0v) is 12.2. The lowest BCUT2D eigenvalue weighted by Gasteiger charge is -2.25. The zero-order chi connectivity index (χ0) is 10.9. The van der Waals surface area contributed by atoms with Crippen LogP contribution in [0.1, 0.15) is 46.0 Å². The van der Waals surface area contributed by atoms with Crippen LogP contribution in [-0.2, 0) is 4.74 Å². The lowest BCUT2D eigenvalue weighted by Crippen LogP contribution is -2.33. The highest BCUT2D eigenvalue weighted by molar-refractivity contribution is 14.1. The first-order valence-electron chi connectivity index (χ1n) is 5.44. The molecule has 0 saturated carbocycles. The Hall–Kier alpha value is 0.980. The van der Waals surface area contributed by atoms with E-state index in [0.29, 0.717) is 5.88 Å². The molecule has 0 radical (unpaired) electrons. The normalized spacial score (nSPS) is 15.4. The molecule has 0 N–H and O–H groups in total. The molecule has 0 aliphatic rings. The van der Waals surface area contributed by atoms with Crippen molar-refractivity contribution in [2.45, 2.75) is 51.6 Å². The van der Waals surface area contributed by atoms with E-state index in [2.05, 4.69) is 36.4 Å². The highest BCUT2D eigenvalue weighted by atomic mass is 127. The van der Waals surface area contributed by atoms with Crippen LogP contribution < -0.4 is 0 Å². The molecule has 0 saturated heterocycles. The molecular weight excluding hydrogens is 310 g/mol. The van der Waals surface area contributed by atoms with Gasteiger partial charge in [0.05, 0.1) is 11.5 Å². The first kappa shape index (κ1) is 15.0. The van der Waals surface area contributed by atoms with Gasteiger partial charge in [-0.3, -0.25) is 0 Å². The number of halogens is 2. The third-order valence-electron chi connectivity index (χ3n) is 2.26. The van der Waals surface area contributed by atoms with Crippen molar-refractivity contribution in [3.8, 4) is 0 Å². The number of unbranched alkanes of at least 4 members (excludes halogenated alkanes) is 4. The first-order chi connectivity index (χ1) is 6.68. The van der Waals surface area contributed by atoms with Crippen LogP contribution in [0.25, 0.3) is 0 Å². The molecule has 86 valence electrons. The quantitative estimate of drug-likeness (QED) is 0.345. The van der Waals surface area contributed by atoms with Gasteiger partial charge in [0.2, 0.25) is 0 Å². The minimum Gasteiger partial charge on any atom is -0.373 e. The summed E-state index contributed by atoms with van der Waals surface area (Å²) in [6.45, 7) is 5.17. The summed E-state index contributed by atoms with van der Waals surface area (Å²) in [4.78, 5) is 0. The minimum atomic E-state index is -0.118. The van der Waals surface area contributed by atoms with Crippen LogP contribution in [-0.4, -0.2) is 22.5 Å². The van der Waals surface area contributed by atoms with E-state index >= 15 is 0 Å². The van der Waals surface area contributed by atoms with Gasteiger partial charge in [0.15, 0.2) is 0 Å². The Morgan fingerprint density at radius 1 is 1.21 bits per heavy atom. The van der Waals surface area contributed by atoms with E-state index in [1.54, 1.807) is 0 Å². The Labute approximate surface area is 107 Å². The van der Waals surface area contributed by atoms with Crippen LogP contribution in [0, 0.1) is 0 Å². The summed E-state index contributed by atoms with van der Waals surface area (Å²) < 4.78 is 6.73. The average Bonchev–Trinajstić information content (AvgIpc) is 2.23. The Bertz CT molecular complexity index is 126. The van der Waals surface area contributed by atoms with E-state index in [1.165, 1.54) is 32.1 Å². The maximum Gasteiger partial charge on any atom is 0.0878 e. The highest BCUT2D eigenvalue weighted by Crippen LogP contribution is 2.17. The number of ether oxygens (including phenoxy) is 1. The van der Waals surface area contributed by atoms with Crippen LogP contribution in [0.15, 0.2) is 0 Å². The summed E-state index contributed by atoms with van der Waals surface area (Å²) in [5.41, 5.74) is -0.118. The van der Waals surface area contributed by atoms with Gasteiger partial charge >= 0.3 is 0 Å². The number of hydrogen-bond donors (Lipinski definition) is 0. The minimum absolute atomic E-state index is 0.118. The van der Waals surface area contributed by atoms with Crippen molar-refractivity contribution in [1.82, 2.24) is 0 Å². The Morgan fingerprint density at radius 2 is 1.86 bits per heavy atom. The lowest BCUT2D eigenvalue weighted by molar-refractivity contribution is 0.00380. The average molecular weight is 333 g/mol. The van der Waals surface area contributed by atoms with Crippen LogP contribution in [0.2, 0.25) is 0 Å². The van der Waals surface area contributed by atoms with Crippen molar-refractivity contribution in [3.63, 3.8) is 0 Å². The van der Waals surface area contributed by atoms with E-state index in [-0.39, 0.29) is 5.60 Å². The SMILES string of the molecule is CCCCCCCOC(C)(CCl)CI. The summed E-state index contributed by atoms with van der Waals surface area (Å²) in [6, 6.07) is 0. The van der Waals surface area contributed by atoms with Gasteiger partial charge in [-0.1, -0.05) is 55.2 Å². The smallest absolute Gasteiger partial charge is 0.0878 e. The van der Waals surface area contributed by atoms with Crippen molar-refractivity contribution in [2.75, 3.05) is 16.9 Å². The van der Waals surface area contributed by atoms with E-state index in [4.69, 9.17) is 16.3 Å². The predicted molar refractivity (Wildman–Crippen MR) is 72.7 cm³/mol. The van der Waals surface area contributed by atoms with Gasteiger partial charge in [0, 0.05) is 11.0 Å². The highest BCUT2D eigenvalue weighted by Gasteiger charge is 2.21. The second kappa shape index (κ2) is 9.22. The van der Waals surface area contributed by atoms with E-state index in [9.17, 15) is 0 Å². The molecule has 14 heavy (non-hydrogen) atoms. The van der Waals surface area contributed by atoms with E-state index in [0.717, 1.165) is 11.0 Å². The maximum atomic E-state index is 5.84.